The third-order valence-electron chi connectivity index (χ3n) is 1.55. The zero-order valence-corrected chi connectivity index (χ0v) is 11.1. The van der Waals surface area contributed by atoms with Crippen molar-refractivity contribution in [2.24, 2.45) is 0 Å². The molecule has 0 atom stereocenters. The highest BCUT2D eigenvalue weighted by Crippen LogP contribution is 2.24. The highest BCUT2D eigenvalue weighted by molar-refractivity contribution is 9.10. The molecule has 1 heterocycles. The normalized spacial score (nSPS) is 11.1. The van der Waals surface area contributed by atoms with Crippen LogP contribution in [0.4, 0.5) is 10.5 Å². The standard InChI is InChI=1S/C9H12BrN3O4/c1-9(2,3)17-8(16)11-4-5(7(14)15)12-13-6(4)10/h1-3H3,(H,11,16)(H,12,13)(H,14,15). The Bertz CT molecular complexity index is 450. The summed E-state index contributed by atoms with van der Waals surface area (Å²) in [4.78, 5) is 22.3. The SMILES string of the molecule is CC(C)(C)OC(=O)Nc1c(C(=O)O)n[nH]c1Br. The van der Waals surface area contributed by atoms with Crippen molar-refractivity contribution < 1.29 is 19.4 Å². The van der Waals surface area contributed by atoms with E-state index in [2.05, 4.69) is 31.4 Å². The van der Waals surface area contributed by atoms with Crippen molar-refractivity contribution in [1.29, 1.82) is 0 Å². The molecule has 0 radical (unpaired) electrons. The average molecular weight is 306 g/mol. The molecule has 3 N–H and O–H groups in total. The monoisotopic (exact) mass is 305 g/mol. The minimum atomic E-state index is -1.25. The van der Waals surface area contributed by atoms with Crippen LogP contribution in [0.1, 0.15) is 31.3 Å². The van der Waals surface area contributed by atoms with Crippen LogP contribution in [0.2, 0.25) is 0 Å². The van der Waals surface area contributed by atoms with Crippen molar-refractivity contribution >= 4 is 33.7 Å². The van der Waals surface area contributed by atoms with E-state index >= 15 is 0 Å². The van der Waals surface area contributed by atoms with Crippen molar-refractivity contribution in [2.45, 2.75) is 26.4 Å². The Morgan fingerprint density at radius 3 is 2.53 bits per heavy atom. The van der Waals surface area contributed by atoms with Crippen molar-refractivity contribution in [1.82, 2.24) is 10.2 Å². The number of hydrogen-bond donors (Lipinski definition) is 3. The number of hydrogen-bond acceptors (Lipinski definition) is 4. The summed E-state index contributed by atoms with van der Waals surface area (Å²) in [6.45, 7) is 5.11. The summed E-state index contributed by atoms with van der Waals surface area (Å²) < 4.78 is 5.26. The maximum Gasteiger partial charge on any atom is 0.412 e. The number of aromatic nitrogens is 2. The number of aromatic amines is 1. The van der Waals surface area contributed by atoms with Gasteiger partial charge in [-0.3, -0.25) is 10.4 Å². The number of ether oxygens (including phenoxy) is 1. The fraction of sp³-hybridized carbons (Fsp3) is 0.444. The van der Waals surface area contributed by atoms with Crippen LogP contribution in [0, 0.1) is 0 Å². The highest BCUT2D eigenvalue weighted by Gasteiger charge is 2.22. The topological polar surface area (TPSA) is 104 Å². The third kappa shape index (κ3) is 3.74. The number of carbonyl (C=O) groups is 2. The Morgan fingerprint density at radius 1 is 1.47 bits per heavy atom. The molecule has 1 amide bonds. The second-order valence-electron chi connectivity index (χ2n) is 4.19. The van der Waals surface area contributed by atoms with E-state index < -0.39 is 17.7 Å². The first kappa shape index (κ1) is 13.5. The molecule has 1 aromatic heterocycles. The second-order valence-corrected chi connectivity index (χ2v) is 4.99. The lowest BCUT2D eigenvalue weighted by atomic mass is 10.2. The molecule has 0 unspecified atom stereocenters. The predicted octanol–water partition coefficient (Wildman–Crippen LogP) is 2.22. The molecule has 0 aliphatic rings. The first-order valence-electron chi connectivity index (χ1n) is 4.68. The zero-order valence-electron chi connectivity index (χ0n) is 9.50. The Hall–Kier alpha value is -1.57. The average Bonchev–Trinajstić information content (AvgIpc) is 2.44. The molecular formula is C9H12BrN3O4. The van der Waals surface area contributed by atoms with Crippen LogP contribution in [-0.4, -0.2) is 33.0 Å². The number of H-pyrrole nitrogens is 1. The van der Waals surface area contributed by atoms with Gasteiger partial charge in [-0.1, -0.05) is 0 Å². The van der Waals surface area contributed by atoms with Gasteiger partial charge >= 0.3 is 12.1 Å². The Balaban J connectivity index is 2.85. The van der Waals surface area contributed by atoms with Gasteiger partial charge in [-0.15, -0.1) is 0 Å². The van der Waals surface area contributed by atoms with Crippen LogP contribution in [0.5, 0.6) is 0 Å². The molecular weight excluding hydrogens is 294 g/mol. The van der Waals surface area contributed by atoms with Crippen LogP contribution in [0.25, 0.3) is 0 Å². The predicted molar refractivity (Wildman–Crippen MR) is 63.1 cm³/mol. The van der Waals surface area contributed by atoms with Crippen LogP contribution in [0.3, 0.4) is 0 Å². The number of nitrogens with zero attached hydrogens (tertiary/aromatic N) is 1. The van der Waals surface area contributed by atoms with Crippen LogP contribution >= 0.6 is 15.9 Å². The number of anilines is 1. The number of nitrogens with one attached hydrogen (secondary N) is 2. The zero-order chi connectivity index (χ0) is 13.2. The molecule has 17 heavy (non-hydrogen) atoms. The van der Waals surface area contributed by atoms with Gasteiger partial charge in [0.2, 0.25) is 0 Å². The molecule has 8 heteroatoms. The van der Waals surface area contributed by atoms with Gasteiger partial charge in [-0.2, -0.15) is 5.10 Å². The quantitative estimate of drug-likeness (QED) is 0.777. The van der Waals surface area contributed by atoms with Gasteiger partial charge in [-0.25, -0.2) is 9.59 Å². The van der Waals surface area contributed by atoms with Crippen LogP contribution in [0.15, 0.2) is 4.60 Å². The van der Waals surface area contributed by atoms with Gasteiger partial charge in [0.15, 0.2) is 5.69 Å². The second kappa shape index (κ2) is 4.74. The van der Waals surface area contributed by atoms with Crippen molar-refractivity contribution in [3.63, 3.8) is 0 Å². The number of amides is 1. The lowest BCUT2D eigenvalue weighted by molar-refractivity contribution is 0.0636. The molecule has 0 bridgehead atoms. The van der Waals surface area contributed by atoms with Gasteiger partial charge in [0.05, 0.1) is 0 Å². The largest absolute Gasteiger partial charge is 0.476 e. The Morgan fingerprint density at radius 2 is 2.06 bits per heavy atom. The number of carboxylic acids is 1. The van der Waals surface area contributed by atoms with Crippen molar-refractivity contribution in [2.75, 3.05) is 5.32 Å². The Kier molecular flexibility index (Phi) is 3.76. The smallest absolute Gasteiger partial charge is 0.412 e. The van der Waals surface area contributed by atoms with E-state index in [-0.39, 0.29) is 16.0 Å². The minimum Gasteiger partial charge on any atom is -0.476 e. The van der Waals surface area contributed by atoms with E-state index in [1.54, 1.807) is 20.8 Å². The maximum absolute atomic E-state index is 11.5. The molecule has 7 nitrogen and oxygen atoms in total. The summed E-state index contributed by atoms with van der Waals surface area (Å²) >= 11 is 3.04. The lowest BCUT2D eigenvalue weighted by Gasteiger charge is -2.19. The van der Waals surface area contributed by atoms with Crippen molar-refractivity contribution in [3.8, 4) is 0 Å². The number of aromatic carboxylic acids is 1. The fourth-order valence-electron chi connectivity index (χ4n) is 0.995. The maximum atomic E-state index is 11.5. The van der Waals surface area contributed by atoms with E-state index in [1.165, 1.54) is 0 Å². The molecule has 1 aromatic rings. The van der Waals surface area contributed by atoms with Gasteiger partial charge in [0, 0.05) is 0 Å². The number of rotatable bonds is 2. The summed E-state index contributed by atoms with van der Waals surface area (Å²) in [6, 6.07) is 0. The van der Waals surface area contributed by atoms with Gasteiger partial charge in [-0.05, 0) is 36.7 Å². The number of carboxylic acid groups (broad SMARTS) is 1. The summed E-state index contributed by atoms with van der Waals surface area (Å²) in [5.41, 5.74) is -0.918. The molecule has 0 saturated heterocycles. The van der Waals surface area contributed by atoms with E-state index in [9.17, 15) is 9.59 Å². The molecule has 0 saturated carbocycles. The molecule has 0 aromatic carbocycles. The lowest BCUT2D eigenvalue weighted by Crippen LogP contribution is -2.27. The molecule has 1 rings (SSSR count). The summed E-state index contributed by atoms with van der Waals surface area (Å²) in [5.74, 6) is -1.25. The molecule has 0 spiro atoms. The summed E-state index contributed by atoms with van der Waals surface area (Å²) in [6.07, 6.45) is -0.748. The number of carbonyl (C=O) groups excluding carboxylic acids is 1. The van der Waals surface area contributed by atoms with E-state index in [1.807, 2.05) is 0 Å². The van der Waals surface area contributed by atoms with Crippen LogP contribution < -0.4 is 5.32 Å². The first-order chi connectivity index (χ1) is 7.70. The molecule has 94 valence electrons. The Labute approximate surface area is 106 Å². The highest BCUT2D eigenvalue weighted by atomic mass is 79.9. The van der Waals surface area contributed by atoms with E-state index in [4.69, 9.17) is 9.84 Å². The van der Waals surface area contributed by atoms with E-state index in [0.29, 0.717) is 0 Å². The number of halogens is 1. The van der Waals surface area contributed by atoms with Crippen molar-refractivity contribution in [3.05, 3.63) is 10.3 Å². The summed E-state index contributed by atoms with van der Waals surface area (Å²) in [5, 5.41) is 17.1. The van der Waals surface area contributed by atoms with Crippen LogP contribution in [-0.2, 0) is 4.74 Å². The van der Waals surface area contributed by atoms with E-state index in [0.717, 1.165) is 0 Å². The molecule has 0 fully saturated rings. The summed E-state index contributed by atoms with van der Waals surface area (Å²) in [7, 11) is 0. The third-order valence-corrected chi connectivity index (χ3v) is 2.12. The van der Waals surface area contributed by atoms with Gasteiger partial charge in [0.1, 0.15) is 15.9 Å². The first-order valence-corrected chi connectivity index (χ1v) is 5.47. The molecule has 0 aliphatic carbocycles. The van der Waals surface area contributed by atoms with Gasteiger partial charge in [0.25, 0.3) is 0 Å². The van der Waals surface area contributed by atoms with Gasteiger partial charge < -0.3 is 9.84 Å². The fourth-order valence-corrected chi connectivity index (χ4v) is 1.37. The molecule has 0 aliphatic heterocycles. The minimum absolute atomic E-state index is 0.0340.